The number of phenols is 2. The number of anilines is 3. The van der Waals surface area contributed by atoms with Crippen LogP contribution in [0.15, 0.2) is 39.8 Å². The molecule has 0 saturated carbocycles. The third-order valence-corrected chi connectivity index (χ3v) is 10.3. The molecule has 0 bridgehead atoms. The van der Waals surface area contributed by atoms with Crippen molar-refractivity contribution in [2.75, 3.05) is 35.3 Å². The molecule has 2 aromatic heterocycles. The molecule has 5 rings (SSSR count). The Labute approximate surface area is 271 Å². The highest BCUT2D eigenvalue weighted by molar-refractivity contribution is 8.00. The van der Waals surface area contributed by atoms with Crippen LogP contribution in [0.25, 0.3) is 0 Å². The molecule has 21 heteroatoms. The zero-order valence-corrected chi connectivity index (χ0v) is 25.7. The van der Waals surface area contributed by atoms with Crippen LogP contribution in [-0.4, -0.2) is 99.2 Å². The maximum atomic E-state index is 13.4. The summed E-state index contributed by atoms with van der Waals surface area (Å²) in [4.78, 5) is 69.3. The molecule has 11 N–H and O–H groups in total. The standard InChI is InChI=1S/C25H25N9O9S3/c26-13-4-14(31-23(27)30-13)45-7-25(22(41)42)6-34-19(38)16(20(34)46-8-25)32-18(37)15(10-5-44-24(28)29-10)33-43-17(21(39)40)9-1-2-11(35)12(36)3-9/h1-5,16-17,20,35-36H,6-8H2,(H2,28,29)(H,32,37)(H,39,40)(H,41,42)(H4,26,27,30,31)/t16?,17?,20-,25?/m1/s1. The van der Waals surface area contributed by atoms with E-state index in [1.807, 2.05) is 0 Å². The van der Waals surface area contributed by atoms with Crippen molar-refractivity contribution in [1.82, 2.24) is 25.2 Å². The van der Waals surface area contributed by atoms with Gasteiger partial charge in [0.1, 0.15) is 33.4 Å². The van der Waals surface area contributed by atoms with Crippen molar-refractivity contribution in [2.45, 2.75) is 22.5 Å². The van der Waals surface area contributed by atoms with E-state index in [0.717, 1.165) is 47.0 Å². The molecule has 2 amide bonds. The number of oxime groups is 1. The number of benzene rings is 1. The van der Waals surface area contributed by atoms with Gasteiger partial charge in [-0.1, -0.05) is 11.2 Å². The minimum Gasteiger partial charge on any atom is -0.504 e. The number of aliphatic carboxylic acids is 2. The zero-order chi connectivity index (χ0) is 33.3. The summed E-state index contributed by atoms with van der Waals surface area (Å²) >= 11 is 3.24. The lowest BCUT2D eigenvalue weighted by Crippen LogP contribution is -2.74. The van der Waals surface area contributed by atoms with Crippen molar-refractivity contribution in [3.63, 3.8) is 0 Å². The van der Waals surface area contributed by atoms with Crippen LogP contribution in [0.4, 0.5) is 16.9 Å². The molecule has 4 atom stereocenters. The van der Waals surface area contributed by atoms with E-state index in [2.05, 4.69) is 25.4 Å². The van der Waals surface area contributed by atoms with Crippen molar-refractivity contribution in [3.05, 3.63) is 40.9 Å². The molecule has 242 valence electrons. The highest BCUT2D eigenvalue weighted by atomic mass is 32.2. The van der Waals surface area contributed by atoms with Crippen LogP contribution >= 0.6 is 34.9 Å². The van der Waals surface area contributed by atoms with Gasteiger partial charge in [0.05, 0.1) is 0 Å². The number of carboxylic acids is 2. The van der Waals surface area contributed by atoms with E-state index >= 15 is 0 Å². The molecule has 0 spiro atoms. The highest BCUT2D eigenvalue weighted by Gasteiger charge is 2.57. The number of rotatable bonds is 11. The number of nitrogens with one attached hydrogen (secondary N) is 1. The molecular formula is C25H25N9O9S3. The number of β-lactam (4-membered cyclic amide) rings is 1. The molecule has 46 heavy (non-hydrogen) atoms. The second-order valence-corrected chi connectivity index (χ2v) is 13.1. The van der Waals surface area contributed by atoms with E-state index in [-0.39, 0.29) is 46.2 Å². The van der Waals surface area contributed by atoms with E-state index in [9.17, 15) is 39.6 Å². The van der Waals surface area contributed by atoms with Crippen LogP contribution in [0, 0.1) is 5.41 Å². The van der Waals surface area contributed by atoms with Gasteiger partial charge in [-0.25, -0.2) is 14.8 Å². The molecule has 3 unspecified atom stereocenters. The summed E-state index contributed by atoms with van der Waals surface area (Å²) in [5, 5.41) is 46.7. The second-order valence-electron chi connectivity index (χ2n) is 10.1. The van der Waals surface area contributed by atoms with Gasteiger partial charge in [0.15, 0.2) is 22.3 Å². The van der Waals surface area contributed by atoms with E-state index in [1.54, 1.807) is 0 Å². The average Bonchev–Trinajstić information content (AvgIpc) is 3.43. The fourth-order valence-corrected chi connectivity index (χ4v) is 7.84. The molecule has 1 aromatic carbocycles. The van der Waals surface area contributed by atoms with Crippen LogP contribution in [0.1, 0.15) is 17.4 Å². The van der Waals surface area contributed by atoms with Gasteiger partial charge in [0.2, 0.25) is 18.0 Å². The fourth-order valence-electron chi connectivity index (χ4n) is 4.52. The van der Waals surface area contributed by atoms with Gasteiger partial charge in [0, 0.05) is 35.1 Å². The van der Waals surface area contributed by atoms with E-state index in [0.29, 0.717) is 5.03 Å². The number of phenolic OH excluding ortho intramolecular Hbond substituents is 2. The molecule has 2 saturated heterocycles. The number of nitrogen functional groups attached to an aromatic ring is 3. The summed E-state index contributed by atoms with van der Waals surface area (Å²) < 4.78 is 0. The molecule has 4 heterocycles. The lowest BCUT2D eigenvalue weighted by Gasteiger charge is -2.53. The lowest BCUT2D eigenvalue weighted by molar-refractivity contribution is -0.157. The van der Waals surface area contributed by atoms with Gasteiger partial charge in [-0.3, -0.25) is 14.4 Å². The number of nitrogens with two attached hydrogens (primary N) is 3. The predicted octanol–water partition coefficient (Wildman–Crippen LogP) is -0.0993. The summed E-state index contributed by atoms with van der Waals surface area (Å²) in [5.74, 6) is -5.02. The number of aromatic nitrogens is 3. The van der Waals surface area contributed by atoms with Crippen LogP contribution in [0.2, 0.25) is 0 Å². The number of amides is 2. The number of thioether (sulfide) groups is 2. The van der Waals surface area contributed by atoms with Gasteiger partial charge >= 0.3 is 11.9 Å². The predicted molar refractivity (Wildman–Crippen MR) is 166 cm³/mol. The van der Waals surface area contributed by atoms with Gasteiger partial charge < -0.3 is 52.7 Å². The summed E-state index contributed by atoms with van der Waals surface area (Å²) in [6.45, 7) is -0.138. The number of aromatic hydroxyl groups is 2. The lowest BCUT2D eigenvalue weighted by atomic mass is 9.89. The van der Waals surface area contributed by atoms with E-state index < -0.39 is 63.9 Å². The Kier molecular flexibility index (Phi) is 8.99. The maximum absolute atomic E-state index is 13.4. The van der Waals surface area contributed by atoms with E-state index in [1.165, 1.54) is 22.4 Å². The molecule has 3 aromatic rings. The number of hydrogen-bond donors (Lipinski definition) is 8. The van der Waals surface area contributed by atoms with Gasteiger partial charge in [-0.05, 0) is 12.1 Å². The summed E-state index contributed by atoms with van der Waals surface area (Å²) in [6, 6.07) is 3.59. The van der Waals surface area contributed by atoms with Crippen molar-refractivity contribution in [3.8, 4) is 11.5 Å². The number of nitrogens with zero attached hydrogens (tertiary/aromatic N) is 5. The van der Waals surface area contributed by atoms with Gasteiger partial charge in [-0.15, -0.1) is 34.9 Å². The minimum atomic E-state index is -1.81. The van der Waals surface area contributed by atoms with Crippen molar-refractivity contribution < 1.29 is 44.4 Å². The SMILES string of the molecule is Nc1cc(SCC2(C(=O)O)CS[C@@H]3C(NC(=O)C(=NOC(C(=O)O)c4ccc(O)c(O)c4)c4csc(N)n4)C(=O)N3C2)nc(N)n1. The third-order valence-electron chi connectivity index (χ3n) is 6.88. The Morgan fingerprint density at radius 1 is 1.15 bits per heavy atom. The Morgan fingerprint density at radius 3 is 2.54 bits per heavy atom. The Bertz CT molecular complexity index is 1740. The molecular weight excluding hydrogens is 667 g/mol. The van der Waals surface area contributed by atoms with Crippen molar-refractivity contribution >= 4 is 81.2 Å². The maximum Gasteiger partial charge on any atom is 0.352 e. The summed E-state index contributed by atoms with van der Waals surface area (Å²) in [7, 11) is 0. The second kappa shape index (κ2) is 12.8. The number of thiazole rings is 1. The van der Waals surface area contributed by atoms with Crippen molar-refractivity contribution in [2.24, 2.45) is 10.6 Å². The fraction of sp³-hybridized carbons (Fsp3) is 0.280. The quantitative estimate of drug-likeness (QED) is 0.0325. The molecule has 0 aliphatic carbocycles. The molecule has 2 fully saturated rings. The van der Waals surface area contributed by atoms with Gasteiger partial charge in [0.25, 0.3) is 5.91 Å². The Balaban J connectivity index is 1.31. The van der Waals surface area contributed by atoms with Crippen LogP contribution < -0.4 is 22.5 Å². The van der Waals surface area contributed by atoms with Crippen LogP contribution in [0.5, 0.6) is 11.5 Å². The molecule has 2 aliphatic rings. The molecule has 18 nitrogen and oxygen atoms in total. The normalized spacial score (nSPS) is 21.5. The third kappa shape index (κ3) is 6.50. The first-order chi connectivity index (χ1) is 21.8. The Morgan fingerprint density at radius 2 is 1.91 bits per heavy atom. The minimum absolute atomic E-state index is 0.0433. The number of fused-ring (bicyclic) bond motifs is 1. The smallest absolute Gasteiger partial charge is 0.352 e. The number of hydrogen-bond acceptors (Lipinski definition) is 17. The monoisotopic (exact) mass is 691 g/mol. The summed E-state index contributed by atoms with van der Waals surface area (Å²) in [5.41, 5.74) is 15.1. The van der Waals surface area contributed by atoms with Crippen LogP contribution in [0.3, 0.4) is 0 Å². The molecule has 0 radical (unpaired) electrons. The average molecular weight is 692 g/mol. The zero-order valence-electron chi connectivity index (χ0n) is 23.3. The van der Waals surface area contributed by atoms with Crippen molar-refractivity contribution in [1.29, 1.82) is 0 Å². The topological polar surface area (TPSA) is 303 Å². The Hall–Kier alpha value is -5.02. The number of carbonyl (C=O) groups is 4. The number of carbonyl (C=O) groups excluding carboxylic acids is 2. The van der Waals surface area contributed by atoms with Gasteiger partial charge in [-0.2, -0.15) is 4.98 Å². The first-order valence-corrected chi connectivity index (χ1v) is 15.9. The summed E-state index contributed by atoms with van der Waals surface area (Å²) in [6.07, 6.45) is -1.81. The van der Waals surface area contributed by atoms with E-state index in [4.69, 9.17) is 22.0 Å². The molecule has 2 aliphatic heterocycles. The van der Waals surface area contributed by atoms with Crippen LogP contribution in [-0.2, 0) is 24.0 Å². The first kappa shape index (κ1) is 32.4. The largest absolute Gasteiger partial charge is 0.504 e. The highest BCUT2D eigenvalue weighted by Crippen LogP contribution is 2.44. The first-order valence-electron chi connectivity index (χ1n) is 13.0. The number of carboxylic acid groups (broad SMARTS) is 2.